The number of amides is 2. The molecular formula is C25H25N9O5. The SMILES string of the molecule is O=C1N[C@H]2CN(C(=O)CCc3nc(-c4ccncc4)no3)C[C@@H]2OCc2cn(nn2)CCOc2cccnc21. The number of nitrogens with one attached hydrogen (secondary N) is 1. The van der Waals surface area contributed by atoms with E-state index < -0.39 is 18.1 Å². The van der Waals surface area contributed by atoms with Crippen molar-refractivity contribution in [2.24, 2.45) is 0 Å². The van der Waals surface area contributed by atoms with Crippen molar-refractivity contribution < 1.29 is 23.6 Å². The summed E-state index contributed by atoms with van der Waals surface area (Å²) in [7, 11) is 0. The van der Waals surface area contributed by atoms with Crippen LogP contribution in [0.2, 0.25) is 0 Å². The van der Waals surface area contributed by atoms with Gasteiger partial charge in [-0.25, -0.2) is 9.67 Å². The second kappa shape index (κ2) is 10.9. The van der Waals surface area contributed by atoms with Crippen LogP contribution in [0.15, 0.2) is 53.6 Å². The Kier molecular flexibility index (Phi) is 6.91. The fraction of sp³-hybridized carbons (Fsp3) is 0.360. The Hall–Kier alpha value is -4.72. The molecule has 0 aromatic carbocycles. The molecule has 14 nitrogen and oxygen atoms in total. The van der Waals surface area contributed by atoms with Crippen LogP contribution in [0.5, 0.6) is 5.75 Å². The van der Waals surface area contributed by atoms with Crippen molar-refractivity contribution in [3.8, 4) is 17.1 Å². The smallest absolute Gasteiger partial charge is 0.274 e. The summed E-state index contributed by atoms with van der Waals surface area (Å²) in [6.45, 7) is 1.50. The molecule has 1 saturated heterocycles. The van der Waals surface area contributed by atoms with Crippen LogP contribution < -0.4 is 10.1 Å². The van der Waals surface area contributed by atoms with Gasteiger partial charge in [-0.3, -0.25) is 14.6 Å². The largest absolute Gasteiger partial charge is 0.489 e. The van der Waals surface area contributed by atoms with Gasteiger partial charge in [0, 0.05) is 50.1 Å². The average molecular weight is 532 g/mol. The van der Waals surface area contributed by atoms with Gasteiger partial charge in [0.15, 0.2) is 11.4 Å². The maximum atomic E-state index is 13.2. The number of aromatic nitrogens is 7. The number of carbonyl (C=O) groups is 2. The van der Waals surface area contributed by atoms with Gasteiger partial charge in [-0.15, -0.1) is 5.10 Å². The Morgan fingerprint density at radius 3 is 2.95 bits per heavy atom. The summed E-state index contributed by atoms with van der Waals surface area (Å²) in [5.74, 6) is 0.650. The van der Waals surface area contributed by atoms with Crippen molar-refractivity contribution in [2.45, 2.75) is 38.1 Å². The Labute approximate surface area is 222 Å². The molecule has 1 N–H and O–H groups in total. The van der Waals surface area contributed by atoms with E-state index in [9.17, 15) is 9.59 Å². The van der Waals surface area contributed by atoms with E-state index in [-0.39, 0.29) is 44.2 Å². The molecule has 200 valence electrons. The predicted octanol–water partition coefficient (Wildman–Crippen LogP) is 0.669. The van der Waals surface area contributed by atoms with Gasteiger partial charge in [0.05, 0.1) is 31.5 Å². The lowest BCUT2D eigenvalue weighted by Crippen LogP contribution is -2.44. The van der Waals surface area contributed by atoms with Crippen LogP contribution in [-0.4, -0.2) is 83.7 Å². The van der Waals surface area contributed by atoms with E-state index in [1.807, 2.05) is 0 Å². The predicted molar refractivity (Wildman–Crippen MR) is 132 cm³/mol. The number of aryl methyl sites for hydroxylation is 1. The molecule has 2 amide bonds. The first-order valence-corrected chi connectivity index (χ1v) is 12.5. The van der Waals surface area contributed by atoms with Gasteiger partial charge in [-0.2, -0.15) is 4.98 Å². The first-order valence-electron chi connectivity index (χ1n) is 12.5. The molecule has 0 unspecified atom stereocenters. The van der Waals surface area contributed by atoms with E-state index in [1.165, 1.54) is 6.20 Å². The zero-order valence-electron chi connectivity index (χ0n) is 20.8. The summed E-state index contributed by atoms with van der Waals surface area (Å²) in [4.78, 5) is 40.5. The minimum absolute atomic E-state index is 0.116. The monoisotopic (exact) mass is 531 g/mol. The third kappa shape index (κ3) is 5.60. The highest BCUT2D eigenvalue weighted by atomic mass is 16.5. The number of hydrogen-bond acceptors (Lipinski definition) is 11. The normalized spacial score (nSPS) is 19.4. The Morgan fingerprint density at radius 1 is 1.15 bits per heavy atom. The summed E-state index contributed by atoms with van der Waals surface area (Å²) in [5, 5.41) is 15.2. The van der Waals surface area contributed by atoms with E-state index in [1.54, 1.807) is 52.4 Å². The molecule has 2 bridgehead atoms. The zero-order valence-corrected chi connectivity index (χ0v) is 20.8. The topological polar surface area (TPSA) is 163 Å². The number of nitrogens with zero attached hydrogens (tertiary/aromatic N) is 8. The quantitative estimate of drug-likeness (QED) is 0.394. The number of ether oxygens (including phenoxy) is 2. The Balaban J connectivity index is 1.14. The number of rotatable bonds is 4. The first-order chi connectivity index (χ1) is 19.1. The van der Waals surface area contributed by atoms with Gasteiger partial charge < -0.3 is 24.2 Å². The van der Waals surface area contributed by atoms with E-state index in [0.717, 1.165) is 5.56 Å². The lowest BCUT2D eigenvalue weighted by molar-refractivity contribution is -0.130. The fourth-order valence-electron chi connectivity index (χ4n) is 4.50. The molecule has 0 saturated carbocycles. The van der Waals surface area contributed by atoms with Crippen LogP contribution in [0.25, 0.3) is 11.4 Å². The van der Waals surface area contributed by atoms with Crippen LogP contribution in [0.4, 0.5) is 0 Å². The third-order valence-electron chi connectivity index (χ3n) is 6.49. The summed E-state index contributed by atoms with van der Waals surface area (Å²) >= 11 is 0. The molecule has 6 heterocycles. The van der Waals surface area contributed by atoms with E-state index in [0.29, 0.717) is 36.2 Å². The van der Waals surface area contributed by atoms with Gasteiger partial charge in [0.1, 0.15) is 12.3 Å². The Morgan fingerprint density at radius 2 is 2.05 bits per heavy atom. The second-order valence-electron chi connectivity index (χ2n) is 9.15. The van der Waals surface area contributed by atoms with Gasteiger partial charge in [-0.05, 0) is 24.3 Å². The van der Waals surface area contributed by atoms with Crippen LogP contribution in [-0.2, 0) is 29.1 Å². The molecule has 4 aromatic heterocycles. The van der Waals surface area contributed by atoms with Gasteiger partial charge in [0.25, 0.3) is 5.91 Å². The average Bonchev–Trinajstić information content (AvgIpc) is 3.71. The van der Waals surface area contributed by atoms with Crippen molar-refractivity contribution in [3.63, 3.8) is 0 Å². The van der Waals surface area contributed by atoms with Gasteiger partial charge in [-0.1, -0.05) is 10.4 Å². The number of hydrogen-bond donors (Lipinski definition) is 1. The molecule has 0 aliphatic carbocycles. The van der Waals surface area contributed by atoms with Crippen molar-refractivity contribution >= 4 is 11.8 Å². The van der Waals surface area contributed by atoms with E-state index in [4.69, 9.17) is 14.0 Å². The lowest BCUT2D eigenvalue weighted by Gasteiger charge is -2.20. The summed E-state index contributed by atoms with van der Waals surface area (Å²) < 4.78 is 18.9. The highest BCUT2D eigenvalue weighted by Crippen LogP contribution is 2.21. The number of likely N-dealkylation sites (tertiary alicyclic amines) is 1. The molecule has 14 heteroatoms. The molecule has 2 atom stereocenters. The van der Waals surface area contributed by atoms with E-state index >= 15 is 0 Å². The molecule has 2 aliphatic rings. The minimum Gasteiger partial charge on any atom is -0.489 e. The number of carbonyl (C=O) groups excluding carboxylic acids is 2. The summed E-state index contributed by atoms with van der Waals surface area (Å²) in [5.41, 5.74) is 1.59. The molecular weight excluding hydrogens is 506 g/mol. The van der Waals surface area contributed by atoms with Crippen molar-refractivity contribution in [1.82, 2.24) is 45.3 Å². The van der Waals surface area contributed by atoms with Crippen LogP contribution in [0.1, 0.15) is 28.5 Å². The van der Waals surface area contributed by atoms with Gasteiger partial charge >= 0.3 is 0 Å². The Bertz CT molecular complexity index is 1460. The maximum Gasteiger partial charge on any atom is 0.274 e. The highest BCUT2D eigenvalue weighted by molar-refractivity contribution is 5.95. The van der Waals surface area contributed by atoms with Crippen molar-refractivity contribution in [1.29, 1.82) is 0 Å². The van der Waals surface area contributed by atoms with Crippen LogP contribution in [0, 0.1) is 0 Å². The molecule has 0 radical (unpaired) electrons. The minimum atomic E-state index is -0.462. The third-order valence-corrected chi connectivity index (χ3v) is 6.49. The lowest BCUT2D eigenvalue weighted by atomic mass is 10.2. The standard InChI is InChI=1S/C25H25N9O5/c35-22(4-3-21-29-24(31-39-21)16-5-8-26-9-6-16)33-13-18-20(14-33)38-15-17-12-34(32-30-17)10-11-37-19-2-1-7-27-23(19)25(36)28-18/h1-2,5-9,12,18,20H,3-4,10-11,13-15H2,(H,28,36)/t18-,20-/m0/s1. The number of pyridine rings is 2. The van der Waals surface area contributed by atoms with Crippen LogP contribution in [0.3, 0.4) is 0 Å². The molecule has 0 spiro atoms. The number of fused-ring (bicyclic) bond motifs is 4. The zero-order chi connectivity index (χ0) is 26.6. The molecule has 6 rings (SSSR count). The van der Waals surface area contributed by atoms with Crippen molar-refractivity contribution in [3.05, 3.63) is 66.3 Å². The summed E-state index contributed by atoms with van der Waals surface area (Å²) in [6, 6.07) is 6.49. The maximum absolute atomic E-state index is 13.2. The molecule has 2 aliphatic heterocycles. The van der Waals surface area contributed by atoms with Crippen LogP contribution >= 0.6 is 0 Å². The van der Waals surface area contributed by atoms with Crippen molar-refractivity contribution in [2.75, 3.05) is 19.7 Å². The van der Waals surface area contributed by atoms with Gasteiger partial charge in [0.2, 0.25) is 17.6 Å². The first kappa shape index (κ1) is 24.6. The second-order valence-corrected chi connectivity index (χ2v) is 9.15. The fourth-order valence-corrected chi connectivity index (χ4v) is 4.50. The molecule has 1 fully saturated rings. The molecule has 4 aromatic rings. The highest BCUT2D eigenvalue weighted by Gasteiger charge is 2.38. The summed E-state index contributed by atoms with van der Waals surface area (Å²) in [6.07, 6.45) is 6.60. The van der Waals surface area contributed by atoms with E-state index in [2.05, 4.69) is 35.7 Å². The molecule has 39 heavy (non-hydrogen) atoms.